The van der Waals surface area contributed by atoms with Crippen LogP contribution in [0.5, 0.6) is 0 Å². The lowest BCUT2D eigenvalue weighted by Crippen LogP contribution is -2.13. The van der Waals surface area contributed by atoms with E-state index in [9.17, 15) is 14.9 Å². The Hall–Kier alpha value is -2.38. The number of nitrogens with zero attached hydrogens (tertiary/aromatic N) is 2. The topological polar surface area (TPSA) is 123 Å². The van der Waals surface area contributed by atoms with E-state index in [1.54, 1.807) is 0 Å². The first kappa shape index (κ1) is 14.7. The number of carbonyl (C=O) groups is 1. The van der Waals surface area contributed by atoms with Crippen LogP contribution in [0.1, 0.15) is 19.8 Å². The van der Waals surface area contributed by atoms with Crippen LogP contribution >= 0.6 is 0 Å². The molecule has 0 saturated heterocycles. The van der Waals surface area contributed by atoms with Gasteiger partial charge in [-0.05, 0) is 13.3 Å². The van der Waals surface area contributed by atoms with Gasteiger partial charge in [-0.3, -0.25) is 14.9 Å². The normalized spacial score (nSPS) is 9.95. The van der Waals surface area contributed by atoms with Crippen molar-refractivity contribution in [1.29, 1.82) is 0 Å². The van der Waals surface area contributed by atoms with Crippen molar-refractivity contribution in [2.75, 3.05) is 23.7 Å². The molecule has 1 heterocycles. The van der Waals surface area contributed by atoms with Gasteiger partial charge >= 0.3 is 0 Å². The van der Waals surface area contributed by atoms with E-state index in [4.69, 9.17) is 5.73 Å². The molecule has 1 rings (SSSR count). The van der Waals surface area contributed by atoms with Crippen LogP contribution in [0.25, 0.3) is 0 Å². The Morgan fingerprint density at radius 3 is 2.58 bits per heavy atom. The van der Waals surface area contributed by atoms with Crippen LogP contribution in [0.2, 0.25) is 0 Å². The zero-order valence-corrected chi connectivity index (χ0v) is 10.7. The third-order valence-electron chi connectivity index (χ3n) is 2.28. The van der Waals surface area contributed by atoms with E-state index in [0.717, 1.165) is 0 Å². The summed E-state index contributed by atoms with van der Waals surface area (Å²) < 4.78 is 0. The van der Waals surface area contributed by atoms with Crippen molar-refractivity contribution >= 4 is 23.2 Å². The van der Waals surface area contributed by atoms with Gasteiger partial charge in [0, 0.05) is 19.5 Å². The summed E-state index contributed by atoms with van der Waals surface area (Å²) in [5.74, 6) is 0.464. The standard InChI is InChI=1S/C11H17N5O3/c1-2-13-10-6-8(16(18)19)7-11(15-10)14-5-3-4-9(12)17/h6-7H,2-5H2,1H3,(H2,12,17)(H2,13,14,15). The number of pyridine rings is 1. The fourth-order valence-corrected chi connectivity index (χ4v) is 1.46. The van der Waals surface area contributed by atoms with Gasteiger partial charge in [-0.15, -0.1) is 0 Å². The lowest BCUT2D eigenvalue weighted by Gasteiger charge is -2.08. The molecule has 8 heteroatoms. The van der Waals surface area contributed by atoms with Gasteiger partial charge < -0.3 is 16.4 Å². The molecule has 1 amide bonds. The smallest absolute Gasteiger partial charge is 0.276 e. The minimum absolute atomic E-state index is 0.0386. The highest BCUT2D eigenvalue weighted by molar-refractivity contribution is 5.73. The second-order valence-electron chi connectivity index (χ2n) is 3.88. The van der Waals surface area contributed by atoms with Crippen molar-refractivity contribution in [2.45, 2.75) is 19.8 Å². The molecule has 4 N–H and O–H groups in total. The molecule has 0 unspecified atom stereocenters. The van der Waals surface area contributed by atoms with E-state index in [1.165, 1.54) is 12.1 Å². The van der Waals surface area contributed by atoms with Crippen molar-refractivity contribution in [2.24, 2.45) is 5.73 Å². The van der Waals surface area contributed by atoms with Gasteiger partial charge in [0.25, 0.3) is 5.69 Å². The molecule has 0 radical (unpaired) electrons. The fraction of sp³-hybridized carbons (Fsp3) is 0.455. The molecule has 0 aliphatic heterocycles. The van der Waals surface area contributed by atoms with E-state index in [-0.39, 0.29) is 18.0 Å². The van der Waals surface area contributed by atoms with Crippen molar-refractivity contribution < 1.29 is 9.72 Å². The van der Waals surface area contributed by atoms with Crippen molar-refractivity contribution in [3.05, 3.63) is 22.2 Å². The Kier molecular flexibility index (Phi) is 5.52. The molecule has 0 aromatic carbocycles. The van der Waals surface area contributed by atoms with Gasteiger partial charge in [0.2, 0.25) is 5.91 Å². The van der Waals surface area contributed by atoms with Gasteiger partial charge in [0.05, 0.1) is 17.1 Å². The first-order chi connectivity index (χ1) is 9.02. The minimum atomic E-state index is -0.475. The van der Waals surface area contributed by atoms with Gasteiger partial charge in [-0.2, -0.15) is 0 Å². The summed E-state index contributed by atoms with van der Waals surface area (Å²) in [7, 11) is 0. The predicted molar refractivity (Wildman–Crippen MR) is 72.0 cm³/mol. The molecule has 0 fully saturated rings. The van der Waals surface area contributed by atoms with Crippen molar-refractivity contribution in [3.8, 4) is 0 Å². The molecule has 0 aliphatic rings. The van der Waals surface area contributed by atoms with Crippen molar-refractivity contribution in [3.63, 3.8) is 0 Å². The Morgan fingerprint density at radius 2 is 2.05 bits per heavy atom. The van der Waals surface area contributed by atoms with Gasteiger partial charge in [-0.1, -0.05) is 0 Å². The first-order valence-electron chi connectivity index (χ1n) is 5.95. The number of anilines is 2. The monoisotopic (exact) mass is 267 g/mol. The van der Waals surface area contributed by atoms with Crippen LogP contribution in [-0.2, 0) is 4.79 Å². The molecule has 19 heavy (non-hydrogen) atoms. The lowest BCUT2D eigenvalue weighted by molar-refractivity contribution is -0.384. The Balaban J connectivity index is 2.70. The minimum Gasteiger partial charge on any atom is -0.370 e. The summed E-state index contributed by atoms with van der Waals surface area (Å²) in [6.07, 6.45) is 0.818. The average molecular weight is 267 g/mol. The second kappa shape index (κ2) is 7.14. The predicted octanol–water partition coefficient (Wildman–Crippen LogP) is 1.10. The van der Waals surface area contributed by atoms with Crippen LogP contribution in [-0.4, -0.2) is 28.9 Å². The number of hydrogen-bond acceptors (Lipinski definition) is 6. The molecule has 104 valence electrons. The molecular formula is C11H17N5O3. The van der Waals surface area contributed by atoms with Crippen LogP contribution in [0.15, 0.2) is 12.1 Å². The third-order valence-corrected chi connectivity index (χ3v) is 2.28. The maximum absolute atomic E-state index is 10.8. The quantitative estimate of drug-likeness (QED) is 0.368. The summed E-state index contributed by atoms with van der Waals surface area (Å²) in [5.41, 5.74) is 4.98. The molecule has 1 aromatic rings. The Labute approximate surface area is 110 Å². The number of nitrogens with two attached hydrogens (primary N) is 1. The highest BCUT2D eigenvalue weighted by atomic mass is 16.6. The number of hydrogen-bond donors (Lipinski definition) is 3. The molecule has 1 aromatic heterocycles. The number of amides is 1. The van der Waals surface area contributed by atoms with Crippen LogP contribution in [0.4, 0.5) is 17.3 Å². The lowest BCUT2D eigenvalue weighted by atomic mass is 10.3. The highest BCUT2D eigenvalue weighted by Crippen LogP contribution is 2.20. The van der Waals surface area contributed by atoms with Crippen molar-refractivity contribution in [1.82, 2.24) is 4.98 Å². The van der Waals surface area contributed by atoms with Crippen LogP contribution in [0, 0.1) is 10.1 Å². The summed E-state index contributed by atoms with van der Waals surface area (Å²) in [6, 6.07) is 2.73. The van der Waals surface area contributed by atoms with Gasteiger partial charge in [0.15, 0.2) is 0 Å². The first-order valence-corrected chi connectivity index (χ1v) is 5.95. The molecule has 0 atom stereocenters. The number of rotatable bonds is 8. The van der Waals surface area contributed by atoms with Gasteiger partial charge in [0.1, 0.15) is 11.6 Å². The average Bonchev–Trinajstić information content (AvgIpc) is 2.34. The third kappa shape index (κ3) is 5.19. The zero-order chi connectivity index (χ0) is 14.3. The molecule has 0 saturated carbocycles. The number of aromatic nitrogens is 1. The maximum atomic E-state index is 10.8. The zero-order valence-electron chi connectivity index (χ0n) is 10.7. The summed E-state index contributed by atoms with van der Waals surface area (Å²) in [4.78, 5) is 25.1. The maximum Gasteiger partial charge on any atom is 0.276 e. The second-order valence-corrected chi connectivity index (χ2v) is 3.88. The Bertz CT molecular complexity index is 464. The van der Waals surface area contributed by atoms with Crippen LogP contribution in [0.3, 0.4) is 0 Å². The fourth-order valence-electron chi connectivity index (χ4n) is 1.46. The van der Waals surface area contributed by atoms with E-state index < -0.39 is 4.92 Å². The molecule has 0 bridgehead atoms. The highest BCUT2D eigenvalue weighted by Gasteiger charge is 2.10. The Morgan fingerprint density at radius 1 is 1.42 bits per heavy atom. The van der Waals surface area contributed by atoms with Gasteiger partial charge in [-0.25, -0.2) is 4.98 Å². The summed E-state index contributed by atoms with van der Waals surface area (Å²) in [6.45, 7) is 2.97. The van der Waals surface area contributed by atoms with E-state index in [0.29, 0.717) is 31.1 Å². The van der Waals surface area contributed by atoms with E-state index in [2.05, 4.69) is 15.6 Å². The molecule has 0 aliphatic carbocycles. The molecule has 8 nitrogen and oxygen atoms in total. The van der Waals surface area contributed by atoms with E-state index in [1.807, 2.05) is 6.92 Å². The number of primary amides is 1. The SMILES string of the molecule is CCNc1cc([N+](=O)[O-])cc(NCCCC(N)=O)n1. The molecular weight excluding hydrogens is 250 g/mol. The number of nitro groups is 1. The number of nitrogens with one attached hydrogen (secondary N) is 2. The van der Waals surface area contributed by atoms with E-state index >= 15 is 0 Å². The van der Waals surface area contributed by atoms with Crippen LogP contribution < -0.4 is 16.4 Å². The largest absolute Gasteiger partial charge is 0.370 e. The molecule has 0 spiro atoms. The summed E-state index contributed by atoms with van der Waals surface area (Å²) >= 11 is 0. The number of carbonyl (C=O) groups excluding carboxylic acids is 1. The summed E-state index contributed by atoms with van der Waals surface area (Å²) in [5, 5.41) is 16.6.